The van der Waals surface area contributed by atoms with Crippen LogP contribution in [-0.2, 0) is 10.6 Å². The molecule has 1 N–H and O–H groups in total. The van der Waals surface area contributed by atoms with Crippen molar-refractivity contribution in [2.75, 3.05) is 5.32 Å². The van der Waals surface area contributed by atoms with Gasteiger partial charge in [-0.3, -0.25) is 0 Å². The van der Waals surface area contributed by atoms with Gasteiger partial charge in [0.2, 0.25) is 11.8 Å². The topological polar surface area (TPSA) is 88.3 Å². The Labute approximate surface area is 221 Å². The molecule has 1 heterocycles. The number of rotatable bonds is 7. The summed E-state index contributed by atoms with van der Waals surface area (Å²) in [5.74, 6) is 0.338. The maximum atomic E-state index is 13.8. The normalized spacial score (nSPS) is 13.9. The number of anilines is 1. The van der Waals surface area contributed by atoms with Crippen molar-refractivity contribution in [2.24, 2.45) is 0 Å². The summed E-state index contributed by atoms with van der Waals surface area (Å²) in [6.07, 6.45) is -5.26. The molecule has 11 heteroatoms. The molecule has 200 valence electrons. The first-order chi connectivity index (χ1) is 17.6. The third kappa shape index (κ3) is 6.06. The average molecular weight is 542 g/mol. The molecule has 0 fully saturated rings. The lowest BCUT2D eigenvalue weighted by Crippen LogP contribution is -2.45. The molecule has 7 nitrogen and oxygen atoms in total. The SMILES string of the molecule is [C-]#[N+]c1ccc(N[C@@H](c2nnc(-c3ccc(C#N)cc3)o2)[C@H](C)O[Si](C)(C)C(C)(C)C)c(C)c1C(F)(F)F. The van der Waals surface area contributed by atoms with E-state index >= 15 is 0 Å². The first-order valence-corrected chi connectivity index (χ1v) is 14.9. The van der Waals surface area contributed by atoms with Crippen LogP contribution in [0.1, 0.15) is 56.3 Å². The van der Waals surface area contributed by atoms with Gasteiger partial charge in [0.15, 0.2) is 14.0 Å². The van der Waals surface area contributed by atoms with Gasteiger partial charge in [0.1, 0.15) is 6.04 Å². The lowest BCUT2D eigenvalue weighted by Gasteiger charge is -2.40. The van der Waals surface area contributed by atoms with Crippen LogP contribution in [0.4, 0.5) is 24.5 Å². The van der Waals surface area contributed by atoms with E-state index in [0.717, 1.165) is 6.07 Å². The lowest BCUT2D eigenvalue weighted by atomic mass is 10.0. The fourth-order valence-electron chi connectivity index (χ4n) is 3.73. The first-order valence-electron chi connectivity index (χ1n) is 12.0. The number of benzene rings is 2. The molecule has 0 saturated carbocycles. The fourth-order valence-corrected chi connectivity index (χ4v) is 5.15. The van der Waals surface area contributed by atoms with Gasteiger partial charge in [-0.05, 0) is 67.9 Å². The van der Waals surface area contributed by atoms with Gasteiger partial charge in [-0.25, -0.2) is 4.85 Å². The highest BCUT2D eigenvalue weighted by molar-refractivity contribution is 6.74. The molecule has 3 aromatic rings. The molecule has 38 heavy (non-hydrogen) atoms. The summed E-state index contributed by atoms with van der Waals surface area (Å²) in [5.41, 5.74) is -0.317. The predicted molar refractivity (Wildman–Crippen MR) is 141 cm³/mol. The summed E-state index contributed by atoms with van der Waals surface area (Å²) in [4.78, 5) is 3.06. The standard InChI is InChI=1S/C27H30F3N5O2Si/c1-16-20(13-14-21(32-6)22(16)27(28,29)30)33-23(17(2)37-38(7,8)26(3,4)5)25-35-34-24(36-25)19-11-9-18(15-31)10-12-19/h9-14,17,23,33H,1-5,7-8H3/t17-,23+/m0/s1. The van der Waals surface area contributed by atoms with Crippen molar-refractivity contribution in [3.8, 4) is 17.5 Å². The van der Waals surface area contributed by atoms with Crippen LogP contribution in [0.25, 0.3) is 16.3 Å². The Morgan fingerprint density at radius 1 is 1.11 bits per heavy atom. The van der Waals surface area contributed by atoms with Crippen LogP contribution in [-0.4, -0.2) is 24.6 Å². The summed E-state index contributed by atoms with van der Waals surface area (Å²) in [6, 6.07) is 10.5. The highest BCUT2D eigenvalue weighted by Crippen LogP contribution is 2.43. The Balaban J connectivity index is 2.07. The molecule has 0 bridgehead atoms. The largest absolute Gasteiger partial charge is 0.418 e. The van der Waals surface area contributed by atoms with E-state index in [9.17, 15) is 13.2 Å². The first kappa shape index (κ1) is 28.9. The number of alkyl halides is 3. The molecular weight excluding hydrogens is 511 g/mol. The lowest BCUT2D eigenvalue weighted by molar-refractivity contribution is -0.137. The monoisotopic (exact) mass is 541 g/mol. The third-order valence-electron chi connectivity index (χ3n) is 6.88. The van der Waals surface area contributed by atoms with Crippen LogP contribution in [0.5, 0.6) is 0 Å². The van der Waals surface area contributed by atoms with Crippen molar-refractivity contribution >= 4 is 19.7 Å². The van der Waals surface area contributed by atoms with E-state index in [1.165, 1.54) is 13.0 Å². The maximum Gasteiger partial charge on any atom is 0.407 e. The second kappa shape index (κ2) is 10.6. The Bertz CT molecular complexity index is 1380. The van der Waals surface area contributed by atoms with Crippen LogP contribution in [0, 0.1) is 24.8 Å². The van der Waals surface area contributed by atoms with Gasteiger partial charge in [0.25, 0.3) is 0 Å². The molecule has 0 aliphatic carbocycles. The number of hydrogen-bond donors (Lipinski definition) is 1. The van der Waals surface area contributed by atoms with Gasteiger partial charge < -0.3 is 14.2 Å². The van der Waals surface area contributed by atoms with Gasteiger partial charge in [-0.2, -0.15) is 18.4 Å². The van der Waals surface area contributed by atoms with Gasteiger partial charge >= 0.3 is 6.18 Å². The van der Waals surface area contributed by atoms with E-state index in [4.69, 9.17) is 20.7 Å². The van der Waals surface area contributed by atoms with Gasteiger partial charge in [0.05, 0.1) is 29.9 Å². The molecule has 0 saturated heterocycles. The highest BCUT2D eigenvalue weighted by atomic mass is 28.4. The van der Waals surface area contributed by atoms with Gasteiger partial charge in [0, 0.05) is 11.3 Å². The van der Waals surface area contributed by atoms with E-state index < -0.39 is 37.9 Å². The van der Waals surface area contributed by atoms with Crippen LogP contribution >= 0.6 is 0 Å². The van der Waals surface area contributed by atoms with Crippen molar-refractivity contribution in [2.45, 2.75) is 71.1 Å². The average Bonchev–Trinajstić information content (AvgIpc) is 3.31. The number of nitrogens with one attached hydrogen (secondary N) is 1. The van der Waals surface area contributed by atoms with Crippen molar-refractivity contribution in [3.63, 3.8) is 0 Å². The summed E-state index contributed by atoms with van der Waals surface area (Å²) >= 11 is 0. The van der Waals surface area contributed by atoms with Crippen LogP contribution in [0.15, 0.2) is 40.8 Å². The molecule has 3 rings (SSSR count). The van der Waals surface area contributed by atoms with E-state index in [1.54, 1.807) is 24.3 Å². The zero-order chi connectivity index (χ0) is 28.5. The predicted octanol–water partition coefficient (Wildman–Crippen LogP) is 8.05. The van der Waals surface area contributed by atoms with E-state index in [1.807, 2.05) is 13.0 Å². The van der Waals surface area contributed by atoms with Crippen molar-refractivity contribution < 1.29 is 22.0 Å². The molecule has 1 aromatic heterocycles. The second-order valence-electron chi connectivity index (χ2n) is 10.6. The zero-order valence-electron chi connectivity index (χ0n) is 22.4. The van der Waals surface area contributed by atoms with E-state index in [2.05, 4.69) is 54.2 Å². The number of nitriles is 1. The zero-order valence-corrected chi connectivity index (χ0v) is 23.4. The maximum absolute atomic E-state index is 13.8. The fraction of sp³-hybridized carbons (Fsp3) is 0.407. The molecular formula is C27H30F3N5O2Si. The summed E-state index contributed by atoms with van der Waals surface area (Å²) < 4.78 is 54.1. The third-order valence-corrected chi connectivity index (χ3v) is 11.5. The van der Waals surface area contributed by atoms with Crippen LogP contribution in [0.2, 0.25) is 18.1 Å². The van der Waals surface area contributed by atoms with Crippen LogP contribution in [0.3, 0.4) is 0 Å². The van der Waals surface area contributed by atoms with E-state index in [0.29, 0.717) is 11.1 Å². The second-order valence-corrected chi connectivity index (χ2v) is 15.3. The highest BCUT2D eigenvalue weighted by Gasteiger charge is 2.41. The molecule has 0 radical (unpaired) electrons. The molecule has 0 spiro atoms. The quantitative estimate of drug-likeness (QED) is 0.240. The Kier molecular flexibility index (Phi) is 8.06. The number of aromatic nitrogens is 2. The number of nitrogens with zero attached hydrogens (tertiary/aromatic N) is 4. The van der Waals surface area contributed by atoms with Crippen molar-refractivity contribution in [1.82, 2.24) is 10.2 Å². The summed E-state index contributed by atoms with van der Waals surface area (Å²) in [6.45, 7) is 20.7. The van der Waals surface area contributed by atoms with Gasteiger partial charge in [-0.1, -0.05) is 26.8 Å². The van der Waals surface area contributed by atoms with Gasteiger partial charge in [-0.15, -0.1) is 10.2 Å². The minimum atomic E-state index is -4.70. The van der Waals surface area contributed by atoms with Crippen molar-refractivity contribution in [1.29, 1.82) is 5.26 Å². The Morgan fingerprint density at radius 3 is 2.26 bits per heavy atom. The Hall–Kier alpha value is -3.67. The Morgan fingerprint density at radius 2 is 1.74 bits per heavy atom. The molecule has 2 aromatic carbocycles. The molecule has 2 atom stereocenters. The molecule has 0 unspecified atom stereocenters. The molecule has 0 aliphatic rings. The van der Waals surface area contributed by atoms with Crippen molar-refractivity contribution in [3.05, 3.63) is 70.4 Å². The minimum absolute atomic E-state index is 0.109. The minimum Gasteiger partial charge on any atom is -0.418 e. The number of hydrogen-bond acceptors (Lipinski definition) is 6. The molecule has 0 amide bonds. The molecule has 0 aliphatic heterocycles. The van der Waals surface area contributed by atoms with E-state index in [-0.39, 0.29) is 28.1 Å². The summed E-state index contributed by atoms with van der Waals surface area (Å²) in [7, 11) is -2.30. The summed E-state index contributed by atoms with van der Waals surface area (Å²) in [5, 5.41) is 20.4. The van der Waals surface area contributed by atoms with Crippen LogP contribution < -0.4 is 5.32 Å². The number of halogens is 3. The smallest absolute Gasteiger partial charge is 0.407 e.